The Balaban J connectivity index is 2.05. The highest BCUT2D eigenvalue weighted by Crippen LogP contribution is 2.33. The summed E-state index contributed by atoms with van der Waals surface area (Å²) in [5.41, 5.74) is 0. The van der Waals surface area contributed by atoms with Crippen LogP contribution in [0.4, 0.5) is 0 Å². The minimum atomic E-state index is -3.17. The molecule has 2 rings (SSSR count). The van der Waals surface area contributed by atoms with Crippen LogP contribution in [-0.4, -0.2) is 68.7 Å². The van der Waals surface area contributed by atoms with E-state index in [-0.39, 0.29) is 18.1 Å². The van der Waals surface area contributed by atoms with Gasteiger partial charge in [-0.3, -0.25) is 4.79 Å². The van der Waals surface area contributed by atoms with E-state index in [0.29, 0.717) is 25.8 Å². The Morgan fingerprint density at radius 1 is 1.28 bits per heavy atom. The van der Waals surface area contributed by atoms with Crippen LogP contribution in [-0.2, 0) is 19.6 Å². The van der Waals surface area contributed by atoms with Crippen molar-refractivity contribution in [2.75, 3.05) is 26.9 Å². The second-order valence-electron chi connectivity index (χ2n) is 5.20. The fourth-order valence-electron chi connectivity index (χ4n) is 2.77. The van der Waals surface area contributed by atoms with Gasteiger partial charge in [-0.1, -0.05) is 0 Å². The minimum absolute atomic E-state index is 0.0359. The topological polar surface area (TPSA) is 66.9 Å². The van der Waals surface area contributed by atoms with E-state index in [1.54, 1.807) is 14.1 Å². The van der Waals surface area contributed by atoms with Gasteiger partial charge < -0.3 is 9.64 Å². The molecule has 2 aliphatic rings. The number of rotatable bonds is 2. The first-order valence-electron chi connectivity index (χ1n) is 6.14. The average Bonchev–Trinajstić information content (AvgIpc) is 2.69. The van der Waals surface area contributed by atoms with Crippen LogP contribution >= 0.6 is 0 Å². The van der Waals surface area contributed by atoms with Gasteiger partial charge in [0, 0.05) is 20.6 Å². The van der Waals surface area contributed by atoms with E-state index < -0.39 is 16.1 Å². The Kier molecular flexibility index (Phi) is 3.66. The van der Waals surface area contributed by atoms with Crippen molar-refractivity contribution in [1.29, 1.82) is 0 Å². The number of ether oxygens (including phenoxy) is 1. The van der Waals surface area contributed by atoms with E-state index in [0.717, 1.165) is 0 Å². The molecule has 2 aliphatic heterocycles. The van der Waals surface area contributed by atoms with Crippen LogP contribution in [0.2, 0.25) is 0 Å². The van der Waals surface area contributed by atoms with Gasteiger partial charge in [-0.2, -0.15) is 4.31 Å². The first-order valence-corrected chi connectivity index (χ1v) is 7.99. The molecule has 0 radical (unpaired) electrons. The molecule has 0 aliphatic carbocycles. The van der Waals surface area contributed by atoms with Crippen molar-refractivity contribution in [3.63, 3.8) is 0 Å². The van der Waals surface area contributed by atoms with Gasteiger partial charge in [-0.25, -0.2) is 8.42 Å². The van der Waals surface area contributed by atoms with E-state index in [4.69, 9.17) is 4.74 Å². The highest BCUT2D eigenvalue weighted by atomic mass is 32.2. The predicted molar refractivity (Wildman–Crippen MR) is 66.5 cm³/mol. The van der Waals surface area contributed by atoms with Gasteiger partial charge in [0.15, 0.2) is 0 Å². The minimum Gasteiger partial charge on any atom is -0.363 e. The number of nitrogens with zero attached hydrogens (tertiary/aromatic N) is 2. The zero-order valence-corrected chi connectivity index (χ0v) is 11.8. The van der Waals surface area contributed by atoms with Gasteiger partial charge in [0.25, 0.3) is 5.91 Å². The molecule has 18 heavy (non-hydrogen) atoms. The second kappa shape index (κ2) is 4.79. The van der Waals surface area contributed by atoms with Gasteiger partial charge in [0.1, 0.15) is 6.10 Å². The Bertz CT molecular complexity index is 434. The average molecular weight is 276 g/mol. The van der Waals surface area contributed by atoms with Crippen molar-refractivity contribution in [3.8, 4) is 0 Å². The van der Waals surface area contributed by atoms with Gasteiger partial charge in [0.2, 0.25) is 10.0 Å². The molecule has 104 valence electrons. The lowest BCUT2D eigenvalue weighted by atomic mass is 9.99. The molecule has 0 spiro atoms. The van der Waals surface area contributed by atoms with E-state index in [2.05, 4.69) is 0 Å². The molecule has 7 heteroatoms. The molecular formula is C11H20N2O4S. The van der Waals surface area contributed by atoms with Crippen molar-refractivity contribution >= 4 is 15.9 Å². The molecule has 0 N–H and O–H groups in total. The molecule has 0 saturated carbocycles. The Morgan fingerprint density at radius 2 is 1.94 bits per heavy atom. The molecule has 0 aromatic carbocycles. The van der Waals surface area contributed by atoms with Crippen molar-refractivity contribution in [2.45, 2.75) is 37.5 Å². The van der Waals surface area contributed by atoms with Crippen molar-refractivity contribution in [3.05, 3.63) is 0 Å². The van der Waals surface area contributed by atoms with E-state index in [1.165, 1.54) is 15.5 Å². The maximum Gasteiger partial charge on any atom is 0.251 e. The molecule has 2 fully saturated rings. The number of likely N-dealkylation sites (N-methyl/N-ethyl adjacent to an activating group) is 1. The Morgan fingerprint density at radius 3 is 2.50 bits per heavy atom. The quantitative estimate of drug-likeness (QED) is 0.692. The normalized spacial score (nSPS) is 33.2. The first-order chi connectivity index (χ1) is 8.30. The molecule has 3 atom stereocenters. The van der Waals surface area contributed by atoms with Gasteiger partial charge in [-0.05, 0) is 19.3 Å². The summed E-state index contributed by atoms with van der Waals surface area (Å²) in [5, 5.41) is 0. The Labute approximate surface area is 108 Å². The molecule has 2 saturated heterocycles. The van der Waals surface area contributed by atoms with Gasteiger partial charge >= 0.3 is 0 Å². The summed E-state index contributed by atoms with van der Waals surface area (Å²) in [6, 6.07) is -0.0915. The van der Waals surface area contributed by atoms with Crippen molar-refractivity contribution < 1.29 is 17.9 Å². The molecule has 0 aromatic rings. The van der Waals surface area contributed by atoms with Crippen molar-refractivity contribution in [1.82, 2.24) is 9.21 Å². The molecular weight excluding hydrogens is 256 g/mol. The third-order valence-electron chi connectivity index (χ3n) is 3.64. The van der Waals surface area contributed by atoms with Crippen LogP contribution in [0.3, 0.4) is 0 Å². The summed E-state index contributed by atoms with van der Waals surface area (Å²) in [6.07, 6.45) is 2.64. The maximum absolute atomic E-state index is 11.8. The molecule has 2 heterocycles. The largest absolute Gasteiger partial charge is 0.363 e. The lowest BCUT2D eigenvalue weighted by Crippen LogP contribution is -2.48. The fraction of sp³-hybridized carbons (Fsp3) is 0.909. The summed E-state index contributed by atoms with van der Waals surface area (Å²) in [6.45, 7) is 0.497. The summed E-state index contributed by atoms with van der Waals surface area (Å²) in [7, 11) is 0.238. The first kappa shape index (κ1) is 13.8. The lowest BCUT2D eigenvalue weighted by Gasteiger charge is -2.35. The summed E-state index contributed by atoms with van der Waals surface area (Å²) in [4.78, 5) is 13.4. The van der Waals surface area contributed by atoms with Crippen LogP contribution in [0.25, 0.3) is 0 Å². The highest BCUT2D eigenvalue weighted by molar-refractivity contribution is 7.88. The maximum atomic E-state index is 11.8. The molecule has 0 unspecified atom stereocenters. The zero-order chi connectivity index (χ0) is 13.5. The van der Waals surface area contributed by atoms with Crippen LogP contribution < -0.4 is 0 Å². The number of hydrogen-bond acceptors (Lipinski definition) is 4. The molecule has 0 bridgehead atoms. The van der Waals surface area contributed by atoms with E-state index in [1.807, 2.05) is 0 Å². The predicted octanol–water partition coefficient (Wildman–Crippen LogP) is -0.344. The van der Waals surface area contributed by atoms with Gasteiger partial charge in [0.05, 0.1) is 18.4 Å². The highest BCUT2D eigenvalue weighted by Gasteiger charge is 2.45. The monoisotopic (exact) mass is 276 g/mol. The third-order valence-corrected chi connectivity index (χ3v) is 4.94. The number of carbonyl (C=O) groups excluding carboxylic acids is 1. The smallest absolute Gasteiger partial charge is 0.251 e. The molecule has 6 nitrogen and oxygen atoms in total. The summed E-state index contributed by atoms with van der Waals surface area (Å²) in [5.74, 6) is -0.0359. The zero-order valence-electron chi connectivity index (χ0n) is 11.0. The Hall–Kier alpha value is -0.660. The fourth-order valence-corrected chi connectivity index (χ4v) is 3.94. The summed E-state index contributed by atoms with van der Waals surface area (Å²) >= 11 is 0. The van der Waals surface area contributed by atoms with Crippen LogP contribution in [0.15, 0.2) is 0 Å². The van der Waals surface area contributed by atoms with Crippen molar-refractivity contribution in [2.24, 2.45) is 0 Å². The SMILES string of the molecule is CN(C)C(=O)[C@H]1CC[C@@H]2[C@@H](CCN2S(C)(=O)=O)O1. The number of fused-ring (bicyclic) bond motifs is 1. The lowest BCUT2D eigenvalue weighted by molar-refractivity contribution is -0.151. The number of sulfonamides is 1. The number of hydrogen-bond donors (Lipinski definition) is 0. The van der Waals surface area contributed by atoms with Crippen LogP contribution in [0.5, 0.6) is 0 Å². The molecule has 0 aromatic heterocycles. The second-order valence-corrected chi connectivity index (χ2v) is 7.14. The van der Waals surface area contributed by atoms with Crippen LogP contribution in [0.1, 0.15) is 19.3 Å². The van der Waals surface area contributed by atoms with E-state index >= 15 is 0 Å². The number of amides is 1. The standard InChI is InChI=1S/C11H20N2O4S/c1-12(2)11(14)10-5-4-8-9(17-10)6-7-13(8)18(3,15)16/h8-10H,4-7H2,1-3H3/t8-,9-,10-/m1/s1. The van der Waals surface area contributed by atoms with E-state index in [9.17, 15) is 13.2 Å². The number of carbonyl (C=O) groups is 1. The summed E-state index contributed by atoms with van der Waals surface area (Å²) < 4.78 is 30.5. The molecule has 1 amide bonds. The van der Waals surface area contributed by atoms with Gasteiger partial charge in [-0.15, -0.1) is 0 Å². The third kappa shape index (κ3) is 2.53. The van der Waals surface area contributed by atoms with Crippen LogP contribution in [0, 0.1) is 0 Å².